The lowest BCUT2D eigenvalue weighted by Gasteiger charge is -2.30. The molecule has 17 heavy (non-hydrogen) atoms. The quantitative estimate of drug-likeness (QED) is 0.833. The molecule has 0 amide bonds. The number of aromatic nitrogens is 2. The van der Waals surface area contributed by atoms with Crippen molar-refractivity contribution in [3.8, 4) is 0 Å². The summed E-state index contributed by atoms with van der Waals surface area (Å²) < 4.78 is 0. The van der Waals surface area contributed by atoms with E-state index in [2.05, 4.69) is 20.6 Å². The molecule has 0 bridgehead atoms. The van der Waals surface area contributed by atoms with Gasteiger partial charge in [0.2, 0.25) is 5.95 Å². The smallest absolute Gasteiger partial charge is 0.222 e. The highest BCUT2D eigenvalue weighted by Gasteiger charge is 2.45. The van der Waals surface area contributed by atoms with E-state index in [-0.39, 0.29) is 0 Å². The zero-order valence-electron chi connectivity index (χ0n) is 10.4. The normalized spacial score (nSPS) is 25.8. The monoisotopic (exact) mass is 232 g/mol. The molecule has 1 aromatic heterocycles. The standard InChI is InChI=1S/C13H20N4/c1-10-7-15-12(16-8-10)17-9-11-6-13(2-3-13)4-5-14-11/h7-8,11,14H,2-6,9H2,1H3,(H,15,16,17). The molecule has 4 nitrogen and oxygen atoms in total. The van der Waals surface area contributed by atoms with E-state index < -0.39 is 0 Å². The Kier molecular flexibility index (Phi) is 2.74. The van der Waals surface area contributed by atoms with Gasteiger partial charge in [0.05, 0.1) is 0 Å². The van der Waals surface area contributed by atoms with E-state index in [1.54, 1.807) is 0 Å². The fourth-order valence-electron chi connectivity index (χ4n) is 2.71. The van der Waals surface area contributed by atoms with Crippen molar-refractivity contribution in [3.63, 3.8) is 0 Å². The molecule has 2 aliphatic rings. The van der Waals surface area contributed by atoms with Crippen LogP contribution < -0.4 is 10.6 Å². The maximum absolute atomic E-state index is 4.26. The molecule has 0 aromatic carbocycles. The highest BCUT2D eigenvalue weighted by molar-refractivity contribution is 5.24. The molecular weight excluding hydrogens is 212 g/mol. The van der Waals surface area contributed by atoms with Gasteiger partial charge >= 0.3 is 0 Å². The van der Waals surface area contributed by atoms with Crippen molar-refractivity contribution >= 4 is 5.95 Å². The van der Waals surface area contributed by atoms with Crippen LogP contribution in [0.5, 0.6) is 0 Å². The Hall–Kier alpha value is -1.16. The topological polar surface area (TPSA) is 49.8 Å². The average molecular weight is 232 g/mol. The van der Waals surface area contributed by atoms with E-state index in [9.17, 15) is 0 Å². The van der Waals surface area contributed by atoms with E-state index >= 15 is 0 Å². The van der Waals surface area contributed by atoms with Crippen LogP contribution >= 0.6 is 0 Å². The minimum atomic E-state index is 0.580. The number of hydrogen-bond acceptors (Lipinski definition) is 4. The van der Waals surface area contributed by atoms with Gasteiger partial charge in [0.15, 0.2) is 0 Å². The molecule has 2 N–H and O–H groups in total. The number of aryl methyl sites for hydroxylation is 1. The largest absolute Gasteiger partial charge is 0.353 e. The lowest BCUT2D eigenvalue weighted by atomic mass is 9.89. The summed E-state index contributed by atoms with van der Waals surface area (Å²) in [6.07, 6.45) is 9.26. The summed E-state index contributed by atoms with van der Waals surface area (Å²) in [5, 5.41) is 6.90. The lowest BCUT2D eigenvalue weighted by molar-refractivity contribution is 0.290. The van der Waals surface area contributed by atoms with E-state index in [0.717, 1.165) is 18.1 Å². The number of rotatable bonds is 3. The van der Waals surface area contributed by atoms with Crippen LogP contribution in [0.1, 0.15) is 31.2 Å². The average Bonchev–Trinajstić information content (AvgIpc) is 3.08. The van der Waals surface area contributed by atoms with Gasteiger partial charge in [0.1, 0.15) is 0 Å². The van der Waals surface area contributed by atoms with Crippen molar-refractivity contribution in [2.24, 2.45) is 5.41 Å². The third kappa shape index (κ3) is 2.57. The third-order valence-corrected chi connectivity index (χ3v) is 4.01. The zero-order valence-corrected chi connectivity index (χ0v) is 10.4. The molecule has 1 aromatic rings. The fraction of sp³-hybridized carbons (Fsp3) is 0.692. The second-order valence-corrected chi connectivity index (χ2v) is 5.57. The molecule has 3 rings (SSSR count). The summed E-state index contributed by atoms with van der Waals surface area (Å²) in [6, 6.07) is 0.580. The third-order valence-electron chi connectivity index (χ3n) is 4.01. The van der Waals surface area contributed by atoms with E-state index in [0.29, 0.717) is 11.5 Å². The molecule has 1 saturated heterocycles. The number of nitrogens with zero attached hydrogens (tertiary/aromatic N) is 2. The second-order valence-electron chi connectivity index (χ2n) is 5.57. The molecule has 2 heterocycles. The molecule has 1 aliphatic carbocycles. The SMILES string of the molecule is Cc1cnc(NCC2CC3(CCN2)CC3)nc1. The van der Waals surface area contributed by atoms with E-state index in [1.165, 1.54) is 32.2 Å². The second kappa shape index (κ2) is 4.26. The number of hydrogen-bond donors (Lipinski definition) is 2. The van der Waals surface area contributed by atoms with Crippen LogP contribution in [0.3, 0.4) is 0 Å². The predicted molar refractivity (Wildman–Crippen MR) is 68.0 cm³/mol. The Morgan fingerprint density at radius 2 is 2.12 bits per heavy atom. The van der Waals surface area contributed by atoms with Crippen molar-refractivity contribution < 1.29 is 0 Å². The summed E-state index contributed by atoms with van der Waals surface area (Å²) in [7, 11) is 0. The highest BCUT2D eigenvalue weighted by Crippen LogP contribution is 2.53. The van der Waals surface area contributed by atoms with Crippen LogP contribution in [0.15, 0.2) is 12.4 Å². The maximum Gasteiger partial charge on any atom is 0.222 e. The van der Waals surface area contributed by atoms with Crippen LogP contribution in [0.25, 0.3) is 0 Å². The molecule has 92 valence electrons. The van der Waals surface area contributed by atoms with Crippen molar-refractivity contribution in [2.45, 2.75) is 38.6 Å². The summed E-state index contributed by atoms with van der Waals surface area (Å²) in [5.74, 6) is 0.743. The van der Waals surface area contributed by atoms with Crippen LogP contribution in [0, 0.1) is 12.3 Å². The Bertz CT molecular complexity index is 383. The van der Waals surface area contributed by atoms with E-state index in [4.69, 9.17) is 0 Å². The van der Waals surface area contributed by atoms with Gasteiger partial charge < -0.3 is 10.6 Å². The van der Waals surface area contributed by atoms with Gasteiger partial charge in [0.25, 0.3) is 0 Å². The van der Waals surface area contributed by atoms with Gasteiger partial charge in [-0.05, 0) is 50.1 Å². The summed E-state index contributed by atoms with van der Waals surface area (Å²) >= 11 is 0. The van der Waals surface area contributed by atoms with Crippen LogP contribution in [-0.2, 0) is 0 Å². The Labute approximate surface area is 102 Å². The molecule has 1 spiro atoms. The number of anilines is 1. The first-order valence-electron chi connectivity index (χ1n) is 6.52. The molecule has 1 atom stereocenters. The molecule has 0 radical (unpaired) electrons. The van der Waals surface area contributed by atoms with Gasteiger partial charge in [-0.25, -0.2) is 9.97 Å². The van der Waals surface area contributed by atoms with Crippen molar-refractivity contribution in [1.82, 2.24) is 15.3 Å². The Balaban J connectivity index is 1.52. The minimum Gasteiger partial charge on any atom is -0.353 e. The lowest BCUT2D eigenvalue weighted by Crippen LogP contribution is -2.43. The summed E-state index contributed by atoms with van der Waals surface area (Å²) in [6.45, 7) is 4.11. The van der Waals surface area contributed by atoms with Gasteiger partial charge in [-0.15, -0.1) is 0 Å². The highest BCUT2D eigenvalue weighted by atomic mass is 15.1. The number of nitrogens with one attached hydrogen (secondary N) is 2. The van der Waals surface area contributed by atoms with Gasteiger partial charge in [0, 0.05) is 25.0 Å². The molecule has 1 aliphatic heterocycles. The molecule has 1 saturated carbocycles. The Morgan fingerprint density at radius 3 is 2.82 bits per heavy atom. The molecular formula is C13H20N4. The van der Waals surface area contributed by atoms with Crippen LogP contribution in [0.4, 0.5) is 5.95 Å². The number of piperidine rings is 1. The van der Waals surface area contributed by atoms with Gasteiger partial charge in [-0.3, -0.25) is 0 Å². The van der Waals surface area contributed by atoms with Gasteiger partial charge in [-0.2, -0.15) is 0 Å². The first-order valence-corrected chi connectivity index (χ1v) is 6.52. The Morgan fingerprint density at radius 1 is 1.35 bits per heavy atom. The zero-order chi connectivity index (χ0) is 11.7. The van der Waals surface area contributed by atoms with E-state index in [1.807, 2.05) is 19.3 Å². The first kappa shape index (κ1) is 11.0. The van der Waals surface area contributed by atoms with Crippen molar-refractivity contribution in [1.29, 1.82) is 0 Å². The summed E-state index contributed by atoms with van der Waals surface area (Å²) in [5.41, 5.74) is 1.80. The van der Waals surface area contributed by atoms with Crippen molar-refractivity contribution in [3.05, 3.63) is 18.0 Å². The predicted octanol–water partition coefficient (Wildman–Crippen LogP) is 1.73. The maximum atomic E-state index is 4.26. The van der Waals surface area contributed by atoms with Crippen LogP contribution in [-0.4, -0.2) is 29.1 Å². The molecule has 4 heteroatoms. The molecule has 1 unspecified atom stereocenters. The van der Waals surface area contributed by atoms with Crippen molar-refractivity contribution in [2.75, 3.05) is 18.4 Å². The fourth-order valence-corrected chi connectivity index (χ4v) is 2.71. The molecule has 2 fully saturated rings. The summed E-state index contributed by atoms with van der Waals surface area (Å²) in [4.78, 5) is 8.53. The minimum absolute atomic E-state index is 0.580. The van der Waals surface area contributed by atoms with Crippen LogP contribution in [0.2, 0.25) is 0 Å². The first-order chi connectivity index (χ1) is 8.26. The van der Waals surface area contributed by atoms with Gasteiger partial charge in [-0.1, -0.05) is 0 Å².